The first-order valence-corrected chi connectivity index (χ1v) is 4.60. The van der Waals surface area contributed by atoms with E-state index in [4.69, 9.17) is 4.74 Å². The van der Waals surface area contributed by atoms with E-state index in [1.807, 2.05) is 0 Å². The lowest BCUT2D eigenvalue weighted by molar-refractivity contribution is -0.151. The van der Waals surface area contributed by atoms with Crippen molar-refractivity contribution in [3.8, 4) is 0 Å². The maximum absolute atomic E-state index is 11.5. The van der Waals surface area contributed by atoms with Gasteiger partial charge in [0.15, 0.2) is 0 Å². The number of rotatable bonds is 2. The average molecular weight is 187 g/mol. The summed E-state index contributed by atoms with van der Waals surface area (Å²) in [7, 11) is 3.11. The quantitative estimate of drug-likeness (QED) is 0.600. The fraction of sp³-hybridized carbons (Fsp3) is 0.889. The topological polar surface area (TPSA) is 58.6 Å². The average Bonchev–Trinajstić information content (AvgIpc) is 2.16. The predicted molar refractivity (Wildman–Crippen MR) is 48.3 cm³/mol. The molecule has 0 aromatic heterocycles. The van der Waals surface area contributed by atoms with E-state index in [1.165, 1.54) is 7.11 Å². The van der Waals surface area contributed by atoms with Crippen LogP contribution in [0.15, 0.2) is 0 Å². The van der Waals surface area contributed by atoms with Crippen LogP contribution in [0.25, 0.3) is 0 Å². The summed E-state index contributed by atoms with van der Waals surface area (Å²) in [6.45, 7) is 0. The molecule has 0 amide bonds. The van der Waals surface area contributed by atoms with Crippen LogP contribution in [0.1, 0.15) is 25.7 Å². The van der Waals surface area contributed by atoms with Crippen molar-refractivity contribution in [1.29, 1.82) is 0 Å². The van der Waals surface area contributed by atoms with Crippen molar-refractivity contribution in [2.24, 2.45) is 0 Å². The molecule has 13 heavy (non-hydrogen) atoms. The SMILES string of the molecule is CNC1(C(=O)OC)CCCC(O)C1. The monoisotopic (exact) mass is 187 g/mol. The zero-order valence-corrected chi connectivity index (χ0v) is 8.17. The Morgan fingerprint density at radius 1 is 1.69 bits per heavy atom. The number of esters is 1. The van der Waals surface area contributed by atoms with E-state index in [0.29, 0.717) is 6.42 Å². The molecule has 0 radical (unpaired) electrons. The highest BCUT2D eigenvalue weighted by Crippen LogP contribution is 2.29. The molecule has 1 aliphatic rings. The zero-order valence-electron chi connectivity index (χ0n) is 8.17. The Hall–Kier alpha value is -0.610. The third kappa shape index (κ3) is 2.00. The summed E-state index contributed by atoms with van der Waals surface area (Å²) < 4.78 is 4.72. The number of nitrogens with one attached hydrogen (secondary N) is 1. The van der Waals surface area contributed by atoms with E-state index in [-0.39, 0.29) is 12.1 Å². The minimum atomic E-state index is -0.660. The Morgan fingerprint density at radius 2 is 2.38 bits per heavy atom. The number of methoxy groups -OCH3 is 1. The van der Waals surface area contributed by atoms with E-state index in [2.05, 4.69) is 5.32 Å². The molecule has 2 unspecified atom stereocenters. The highest BCUT2D eigenvalue weighted by molar-refractivity contribution is 5.80. The molecular formula is C9H17NO3. The Kier molecular flexibility index (Phi) is 3.27. The number of hydrogen-bond acceptors (Lipinski definition) is 4. The minimum absolute atomic E-state index is 0.270. The molecule has 1 aliphatic carbocycles. The van der Waals surface area contributed by atoms with Gasteiger partial charge in [0, 0.05) is 6.42 Å². The molecule has 0 saturated heterocycles. The van der Waals surface area contributed by atoms with Crippen molar-refractivity contribution in [3.05, 3.63) is 0 Å². The fourth-order valence-corrected chi connectivity index (χ4v) is 1.96. The van der Waals surface area contributed by atoms with E-state index in [1.54, 1.807) is 7.05 Å². The maximum atomic E-state index is 11.5. The minimum Gasteiger partial charge on any atom is -0.468 e. The molecule has 0 bridgehead atoms. The first-order valence-electron chi connectivity index (χ1n) is 4.60. The summed E-state index contributed by atoms with van der Waals surface area (Å²) in [5.74, 6) is -0.270. The number of hydrogen-bond donors (Lipinski definition) is 2. The van der Waals surface area contributed by atoms with Crippen LogP contribution in [0.4, 0.5) is 0 Å². The second kappa shape index (κ2) is 4.07. The molecule has 0 aromatic rings. The number of aliphatic hydroxyl groups is 1. The lowest BCUT2D eigenvalue weighted by Crippen LogP contribution is -2.54. The molecule has 76 valence electrons. The molecule has 2 atom stereocenters. The predicted octanol–water partition coefficient (Wildman–Crippen LogP) is 0.0525. The number of ether oxygens (including phenoxy) is 1. The number of carbonyl (C=O) groups is 1. The van der Waals surface area contributed by atoms with E-state index in [0.717, 1.165) is 19.3 Å². The van der Waals surface area contributed by atoms with Crippen molar-refractivity contribution in [2.45, 2.75) is 37.3 Å². The van der Waals surface area contributed by atoms with Gasteiger partial charge in [0.2, 0.25) is 0 Å². The summed E-state index contributed by atoms with van der Waals surface area (Å²) in [6, 6.07) is 0. The van der Waals surface area contributed by atoms with Crippen LogP contribution in [-0.4, -0.2) is 36.9 Å². The first-order chi connectivity index (χ1) is 6.14. The fourth-order valence-electron chi connectivity index (χ4n) is 1.96. The van der Waals surface area contributed by atoms with Crippen molar-refractivity contribution in [3.63, 3.8) is 0 Å². The van der Waals surface area contributed by atoms with Crippen LogP contribution < -0.4 is 5.32 Å². The number of likely N-dealkylation sites (N-methyl/N-ethyl adjacent to an activating group) is 1. The number of carbonyl (C=O) groups excluding carboxylic acids is 1. The van der Waals surface area contributed by atoms with Crippen molar-refractivity contribution in [1.82, 2.24) is 5.32 Å². The molecule has 0 spiro atoms. The summed E-state index contributed by atoms with van der Waals surface area (Å²) in [4.78, 5) is 11.5. The van der Waals surface area contributed by atoms with Gasteiger partial charge in [-0.3, -0.25) is 4.79 Å². The summed E-state index contributed by atoms with van der Waals surface area (Å²) in [5, 5.41) is 12.4. The lowest BCUT2D eigenvalue weighted by Gasteiger charge is -2.36. The van der Waals surface area contributed by atoms with Gasteiger partial charge in [-0.2, -0.15) is 0 Å². The molecule has 0 aromatic carbocycles. The highest BCUT2D eigenvalue weighted by atomic mass is 16.5. The van der Waals surface area contributed by atoms with Gasteiger partial charge in [-0.25, -0.2) is 0 Å². The normalized spacial score (nSPS) is 34.2. The van der Waals surface area contributed by atoms with Crippen molar-refractivity contribution < 1.29 is 14.6 Å². The zero-order chi connectivity index (χ0) is 9.90. The van der Waals surface area contributed by atoms with Crippen LogP contribution >= 0.6 is 0 Å². The molecule has 0 aliphatic heterocycles. The lowest BCUT2D eigenvalue weighted by atomic mass is 9.80. The Morgan fingerprint density at radius 3 is 2.85 bits per heavy atom. The standard InChI is InChI=1S/C9H17NO3/c1-10-9(8(12)13-2)5-3-4-7(11)6-9/h7,10-11H,3-6H2,1-2H3. The highest BCUT2D eigenvalue weighted by Gasteiger charge is 2.42. The molecule has 2 N–H and O–H groups in total. The summed E-state index contributed by atoms with van der Waals surface area (Å²) in [5.41, 5.74) is -0.660. The molecule has 1 fully saturated rings. The van der Waals surface area contributed by atoms with Gasteiger partial charge in [-0.15, -0.1) is 0 Å². The van der Waals surface area contributed by atoms with Gasteiger partial charge in [-0.05, 0) is 26.3 Å². The van der Waals surface area contributed by atoms with Gasteiger partial charge in [0.25, 0.3) is 0 Å². The molecule has 4 heteroatoms. The van der Waals surface area contributed by atoms with Gasteiger partial charge in [0.1, 0.15) is 5.54 Å². The second-order valence-electron chi connectivity index (χ2n) is 3.57. The van der Waals surface area contributed by atoms with Crippen molar-refractivity contribution >= 4 is 5.97 Å². The second-order valence-corrected chi connectivity index (χ2v) is 3.57. The largest absolute Gasteiger partial charge is 0.468 e. The van der Waals surface area contributed by atoms with E-state index in [9.17, 15) is 9.90 Å². The van der Waals surface area contributed by atoms with Crippen LogP contribution in [-0.2, 0) is 9.53 Å². The van der Waals surface area contributed by atoms with Crippen LogP contribution in [0.5, 0.6) is 0 Å². The summed E-state index contributed by atoms with van der Waals surface area (Å²) in [6.07, 6.45) is 2.45. The Labute approximate surface area is 78.3 Å². The van der Waals surface area contributed by atoms with Crippen LogP contribution in [0.2, 0.25) is 0 Å². The molecule has 0 heterocycles. The molecule has 1 rings (SSSR count). The van der Waals surface area contributed by atoms with Crippen LogP contribution in [0, 0.1) is 0 Å². The van der Waals surface area contributed by atoms with Gasteiger partial charge in [0.05, 0.1) is 13.2 Å². The van der Waals surface area contributed by atoms with Crippen LogP contribution in [0.3, 0.4) is 0 Å². The Balaban J connectivity index is 2.73. The van der Waals surface area contributed by atoms with E-state index < -0.39 is 5.54 Å². The van der Waals surface area contributed by atoms with Gasteiger partial charge >= 0.3 is 5.97 Å². The smallest absolute Gasteiger partial charge is 0.326 e. The van der Waals surface area contributed by atoms with E-state index >= 15 is 0 Å². The molecule has 4 nitrogen and oxygen atoms in total. The third-order valence-electron chi connectivity index (χ3n) is 2.78. The first kappa shape index (κ1) is 10.5. The third-order valence-corrected chi connectivity index (χ3v) is 2.78. The van der Waals surface area contributed by atoms with Gasteiger partial charge < -0.3 is 15.2 Å². The van der Waals surface area contributed by atoms with Crippen molar-refractivity contribution in [2.75, 3.05) is 14.2 Å². The number of aliphatic hydroxyl groups excluding tert-OH is 1. The molecule has 1 saturated carbocycles. The summed E-state index contributed by atoms with van der Waals surface area (Å²) >= 11 is 0. The van der Waals surface area contributed by atoms with Gasteiger partial charge in [-0.1, -0.05) is 0 Å². The molecular weight excluding hydrogens is 170 g/mol. The Bertz CT molecular complexity index is 195. The maximum Gasteiger partial charge on any atom is 0.326 e.